The van der Waals surface area contributed by atoms with Crippen LogP contribution in [0.1, 0.15) is 42.2 Å². The lowest BCUT2D eigenvalue weighted by Gasteiger charge is -2.10. The summed E-state index contributed by atoms with van der Waals surface area (Å²) in [5, 5.41) is 14.4. The largest absolute Gasteiger partial charge is 0.478 e. The van der Waals surface area contributed by atoms with Gasteiger partial charge in [0.2, 0.25) is 5.95 Å². The summed E-state index contributed by atoms with van der Waals surface area (Å²) in [4.78, 5) is 43.1. The maximum atomic E-state index is 12.8. The van der Waals surface area contributed by atoms with E-state index in [1.165, 1.54) is 29.7 Å². The second-order valence-corrected chi connectivity index (χ2v) is 15.0. The number of carboxylic acids is 1. The number of fused-ring (bicyclic) bond motifs is 1. The van der Waals surface area contributed by atoms with Gasteiger partial charge in [-0.1, -0.05) is 92.8 Å². The van der Waals surface area contributed by atoms with Crippen LogP contribution in [0.15, 0.2) is 146 Å². The van der Waals surface area contributed by atoms with Gasteiger partial charge in [-0.3, -0.25) is 9.59 Å². The smallest absolute Gasteiger partial charge is 0.416 e. The van der Waals surface area contributed by atoms with Crippen molar-refractivity contribution in [2.45, 2.75) is 39.6 Å². The molecular formula is C47H41B2F6N5O4. The van der Waals surface area contributed by atoms with Gasteiger partial charge in [0.25, 0.3) is 11.8 Å². The second kappa shape index (κ2) is 20.6. The van der Waals surface area contributed by atoms with E-state index in [1.807, 2.05) is 56.1 Å². The van der Waals surface area contributed by atoms with Crippen molar-refractivity contribution in [3.8, 4) is 11.1 Å². The highest BCUT2D eigenvalue weighted by Crippen LogP contribution is 2.32. The number of nitrogens with two attached hydrogens (primary N) is 1. The molecule has 0 radical (unpaired) electrons. The van der Waals surface area contributed by atoms with Gasteiger partial charge < -0.3 is 21.5 Å². The normalized spacial score (nSPS) is 11.0. The monoisotopic (exact) mass is 875 g/mol. The van der Waals surface area contributed by atoms with E-state index >= 15 is 0 Å². The van der Waals surface area contributed by atoms with Gasteiger partial charge in [-0.05, 0) is 96.1 Å². The molecule has 1 heterocycles. The number of carbonyl (C=O) groups is 3. The van der Waals surface area contributed by atoms with Gasteiger partial charge in [0, 0.05) is 34.1 Å². The number of carbonyl (C=O) groups excluding carboxylic acids is 2. The molecule has 326 valence electrons. The Labute approximate surface area is 365 Å². The molecule has 7 aromatic rings. The maximum Gasteiger partial charge on any atom is 0.416 e. The Balaban J connectivity index is 0.000000198. The van der Waals surface area contributed by atoms with Crippen LogP contribution in [0, 0.1) is 0 Å². The number of alkyl halides is 6. The number of hydrogen-bond acceptors (Lipinski definition) is 6. The van der Waals surface area contributed by atoms with Crippen molar-refractivity contribution in [3.63, 3.8) is 0 Å². The average Bonchev–Trinajstić information content (AvgIpc) is 3.26. The zero-order valence-corrected chi connectivity index (χ0v) is 34.9. The first-order chi connectivity index (χ1) is 30.2. The third-order valence-electron chi connectivity index (χ3n) is 9.64. The Kier molecular flexibility index (Phi) is 15.4. The van der Waals surface area contributed by atoms with Crippen LogP contribution in [0.2, 0.25) is 27.3 Å². The first-order valence-corrected chi connectivity index (χ1v) is 19.7. The number of carboxylic acid groups (broad SMARTS) is 1. The zero-order chi connectivity index (χ0) is 46.8. The lowest BCUT2D eigenvalue weighted by molar-refractivity contribution is -0.138. The first kappa shape index (κ1) is 47.6. The van der Waals surface area contributed by atoms with Crippen LogP contribution >= 0.6 is 0 Å². The summed E-state index contributed by atoms with van der Waals surface area (Å²) in [7, 11) is 0. The molecule has 0 aliphatic rings. The fraction of sp³-hybridized carbons (Fsp3) is 0.128. The minimum Gasteiger partial charge on any atom is -0.478 e. The van der Waals surface area contributed by atoms with E-state index in [9.17, 15) is 40.7 Å². The molecule has 0 saturated heterocycles. The Morgan fingerprint density at radius 2 is 0.984 bits per heavy atom. The van der Waals surface area contributed by atoms with Gasteiger partial charge in [0.15, 0.2) is 13.4 Å². The summed E-state index contributed by atoms with van der Waals surface area (Å²) in [6.07, 6.45) is -7.27. The van der Waals surface area contributed by atoms with Gasteiger partial charge >= 0.3 is 18.3 Å². The van der Waals surface area contributed by atoms with E-state index in [0.29, 0.717) is 30.1 Å². The molecule has 0 bridgehead atoms. The summed E-state index contributed by atoms with van der Waals surface area (Å²) < 4.78 is 76.4. The highest BCUT2D eigenvalue weighted by molar-refractivity contribution is 6.71. The standard InChI is InChI=1S/C22H15F3N4O.C16H15BF3NO.C9H11BO2/c23-22(24,25)17-2-1-3-18(11-17)28-20(30)14-6-4-13(5-7-14)15-8-9-19-16(10-15)12-27-21(26)29-19;1-17(2)13-8-6-11(7-9-13)15(22)21-14-5-3-4-12(10-14)16(18,19)20;1-10(2)8-5-3-7(4-6-8)9(11)12/h1-12H,(H,28,30)(H2,26,27,29);3-10H,1-2H3,(H,21,22);3-6H,1-2H3,(H,11,12). The summed E-state index contributed by atoms with van der Waals surface area (Å²) in [6, 6.07) is 35.4. The van der Waals surface area contributed by atoms with Gasteiger partial charge in [-0.25, -0.2) is 14.8 Å². The number of anilines is 3. The summed E-state index contributed by atoms with van der Waals surface area (Å²) in [5.74, 6) is -1.60. The van der Waals surface area contributed by atoms with Gasteiger partial charge in [-0.15, -0.1) is 0 Å². The molecule has 0 atom stereocenters. The maximum absolute atomic E-state index is 12.8. The molecule has 0 aliphatic heterocycles. The number of nitrogen functional groups attached to an aromatic ring is 1. The molecular weight excluding hydrogens is 834 g/mol. The fourth-order valence-corrected chi connectivity index (χ4v) is 6.02. The molecule has 5 N–H and O–H groups in total. The SMILES string of the molecule is CB(C)c1ccc(C(=O)Nc2cccc(C(F)(F)F)c2)cc1.CB(C)c1ccc(C(=O)O)cc1.Nc1ncc2cc(-c3ccc(C(=O)Nc4cccc(C(F)(F)F)c4)cc3)ccc2n1. The van der Waals surface area contributed by atoms with Gasteiger partial charge in [-0.2, -0.15) is 26.3 Å². The summed E-state index contributed by atoms with van der Waals surface area (Å²) in [6.45, 7) is 9.04. The number of nitrogens with one attached hydrogen (secondary N) is 2. The number of aromatic nitrogens is 2. The molecule has 0 saturated carbocycles. The predicted octanol–water partition coefficient (Wildman–Crippen LogP) is 10.4. The lowest BCUT2D eigenvalue weighted by Crippen LogP contribution is -2.23. The molecule has 1 aromatic heterocycles. The second-order valence-electron chi connectivity index (χ2n) is 15.0. The molecule has 6 aromatic carbocycles. The first-order valence-electron chi connectivity index (χ1n) is 19.7. The minimum absolute atomic E-state index is 0.0766. The molecule has 0 unspecified atom stereocenters. The van der Waals surface area contributed by atoms with Crippen LogP contribution < -0.4 is 27.3 Å². The molecule has 2 amide bonds. The highest BCUT2D eigenvalue weighted by atomic mass is 19.4. The van der Waals surface area contributed by atoms with Crippen molar-refractivity contribution in [3.05, 3.63) is 174 Å². The minimum atomic E-state index is -4.47. The third-order valence-corrected chi connectivity index (χ3v) is 9.64. The molecule has 17 heteroatoms. The molecule has 7 rings (SSSR count). The average molecular weight is 875 g/mol. The number of amides is 2. The van der Waals surface area contributed by atoms with E-state index in [4.69, 9.17) is 10.8 Å². The van der Waals surface area contributed by atoms with Crippen LogP contribution in [0.25, 0.3) is 22.0 Å². The number of rotatable bonds is 8. The molecule has 0 fully saturated rings. The number of aromatic carboxylic acids is 1. The Hall–Kier alpha value is -7.42. The van der Waals surface area contributed by atoms with E-state index in [0.717, 1.165) is 51.8 Å². The van der Waals surface area contributed by atoms with Crippen molar-refractivity contribution in [2.75, 3.05) is 16.4 Å². The topological polar surface area (TPSA) is 147 Å². The van der Waals surface area contributed by atoms with Crippen molar-refractivity contribution < 1.29 is 45.8 Å². The summed E-state index contributed by atoms with van der Waals surface area (Å²) in [5.41, 5.74) is 10.0. The van der Waals surface area contributed by atoms with E-state index in [-0.39, 0.29) is 17.3 Å². The highest BCUT2D eigenvalue weighted by Gasteiger charge is 2.31. The van der Waals surface area contributed by atoms with Gasteiger partial charge in [0.1, 0.15) is 0 Å². The summed E-state index contributed by atoms with van der Waals surface area (Å²) >= 11 is 0. The number of nitrogens with zero attached hydrogens (tertiary/aromatic N) is 2. The number of halogens is 6. The van der Waals surface area contributed by atoms with Crippen LogP contribution in [-0.4, -0.2) is 46.3 Å². The molecule has 0 aliphatic carbocycles. The van der Waals surface area contributed by atoms with Crippen molar-refractivity contribution >= 4 is 70.4 Å². The number of hydrogen-bond donors (Lipinski definition) is 4. The Morgan fingerprint density at radius 3 is 1.41 bits per heavy atom. The van der Waals surface area contributed by atoms with Crippen molar-refractivity contribution in [2.24, 2.45) is 0 Å². The Morgan fingerprint density at radius 1 is 0.562 bits per heavy atom. The van der Waals surface area contributed by atoms with Crippen molar-refractivity contribution in [1.82, 2.24) is 9.97 Å². The quantitative estimate of drug-likeness (QED) is 0.0878. The molecule has 9 nitrogen and oxygen atoms in total. The van der Waals surface area contributed by atoms with Crippen LogP contribution in [0.4, 0.5) is 43.7 Å². The van der Waals surface area contributed by atoms with Gasteiger partial charge in [0.05, 0.1) is 22.2 Å². The zero-order valence-electron chi connectivity index (χ0n) is 34.9. The molecule has 64 heavy (non-hydrogen) atoms. The lowest BCUT2D eigenvalue weighted by atomic mass is 9.49. The van der Waals surface area contributed by atoms with Crippen molar-refractivity contribution in [1.29, 1.82) is 0 Å². The van der Waals surface area contributed by atoms with E-state index in [2.05, 4.69) is 34.2 Å². The van der Waals surface area contributed by atoms with Crippen LogP contribution in [0.3, 0.4) is 0 Å². The van der Waals surface area contributed by atoms with Crippen LogP contribution in [0.5, 0.6) is 0 Å². The van der Waals surface area contributed by atoms with E-state index in [1.54, 1.807) is 54.7 Å². The Bertz CT molecular complexity index is 2730. The van der Waals surface area contributed by atoms with Crippen LogP contribution in [-0.2, 0) is 12.4 Å². The number of benzene rings is 6. The fourth-order valence-electron chi connectivity index (χ4n) is 6.02. The molecule has 0 spiro atoms. The predicted molar refractivity (Wildman–Crippen MR) is 242 cm³/mol. The van der Waals surface area contributed by atoms with E-state index < -0.39 is 41.3 Å². The third kappa shape index (κ3) is 13.3.